The van der Waals surface area contributed by atoms with Gasteiger partial charge in [-0.1, -0.05) is 24.3 Å². The van der Waals surface area contributed by atoms with Crippen LogP contribution >= 0.6 is 0 Å². The van der Waals surface area contributed by atoms with Crippen LogP contribution in [-0.2, 0) is 22.9 Å². The minimum atomic E-state index is -3.37. The van der Waals surface area contributed by atoms with Crippen molar-refractivity contribution in [2.24, 2.45) is 0 Å². The third-order valence-electron chi connectivity index (χ3n) is 3.48. The van der Waals surface area contributed by atoms with Gasteiger partial charge in [-0.05, 0) is 37.8 Å². The molecule has 1 aromatic rings. The maximum atomic E-state index is 12.5. The summed E-state index contributed by atoms with van der Waals surface area (Å²) in [5.41, 5.74) is 1.22. The maximum Gasteiger partial charge on any atom is 0.217 e. The standard InChI is InChI=1S/C14H21NO3S/c1-14(2,16)10-15(3)19(17,18)13-8-11-6-4-5-7-12(11)9-13/h4-7,13,16H,8-10H2,1-3H3. The van der Waals surface area contributed by atoms with Crippen molar-refractivity contribution in [1.82, 2.24) is 4.31 Å². The van der Waals surface area contributed by atoms with Gasteiger partial charge in [0.2, 0.25) is 10.0 Å². The summed E-state index contributed by atoms with van der Waals surface area (Å²) in [6, 6.07) is 7.85. The number of benzene rings is 1. The highest BCUT2D eigenvalue weighted by Crippen LogP contribution is 2.28. The predicted molar refractivity (Wildman–Crippen MR) is 75.5 cm³/mol. The molecule has 0 unspecified atom stereocenters. The number of hydrogen-bond donors (Lipinski definition) is 1. The van der Waals surface area contributed by atoms with E-state index in [4.69, 9.17) is 0 Å². The zero-order valence-corrected chi connectivity index (χ0v) is 12.4. The molecule has 0 saturated heterocycles. The van der Waals surface area contributed by atoms with E-state index in [0.717, 1.165) is 11.1 Å². The average molecular weight is 283 g/mol. The van der Waals surface area contributed by atoms with Crippen molar-refractivity contribution in [1.29, 1.82) is 0 Å². The van der Waals surface area contributed by atoms with Crippen LogP contribution in [0.1, 0.15) is 25.0 Å². The number of sulfonamides is 1. The average Bonchev–Trinajstić information content (AvgIpc) is 2.70. The second-order valence-electron chi connectivity index (χ2n) is 5.91. The molecular weight excluding hydrogens is 262 g/mol. The summed E-state index contributed by atoms with van der Waals surface area (Å²) < 4.78 is 26.3. The first-order chi connectivity index (χ1) is 8.70. The Kier molecular flexibility index (Phi) is 3.73. The molecule has 0 fully saturated rings. The summed E-state index contributed by atoms with van der Waals surface area (Å²) in [6.45, 7) is 3.34. The van der Waals surface area contributed by atoms with E-state index in [2.05, 4.69) is 0 Å². The molecule has 0 amide bonds. The Morgan fingerprint density at radius 1 is 1.26 bits per heavy atom. The molecule has 4 nitrogen and oxygen atoms in total. The zero-order valence-electron chi connectivity index (χ0n) is 11.6. The zero-order chi connectivity index (χ0) is 14.3. The van der Waals surface area contributed by atoms with Crippen LogP contribution in [0.25, 0.3) is 0 Å². The van der Waals surface area contributed by atoms with E-state index in [1.54, 1.807) is 13.8 Å². The van der Waals surface area contributed by atoms with Gasteiger partial charge in [0.15, 0.2) is 0 Å². The van der Waals surface area contributed by atoms with Crippen molar-refractivity contribution < 1.29 is 13.5 Å². The van der Waals surface area contributed by atoms with Crippen LogP contribution in [0.5, 0.6) is 0 Å². The van der Waals surface area contributed by atoms with Crippen molar-refractivity contribution in [2.45, 2.75) is 37.5 Å². The van der Waals surface area contributed by atoms with Gasteiger partial charge in [0.1, 0.15) is 0 Å². The highest BCUT2D eigenvalue weighted by Gasteiger charge is 2.36. The number of rotatable bonds is 4. The second kappa shape index (κ2) is 4.89. The van der Waals surface area contributed by atoms with Gasteiger partial charge in [0, 0.05) is 13.6 Å². The minimum absolute atomic E-state index is 0.113. The highest BCUT2D eigenvalue weighted by atomic mass is 32.2. The molecule has 0 aliphatic heterocycles. The third-order valence-corrected chi connectivity index (χ3v) is 5.65. The Morgan fingerprint density at radius 2 is 1.74 bits per heavy atom. The summed E-state index contributed by atoms with van der Waals surface area (Å²) in [5.74, 6) is 0. The van der Waals surface area contributed by atoms with Crippen LogP contribution in [0.3, 0.4) is 0 Å². The van der Waals surface area contributed by atoms with Gasteiger partial charge in [-0.25, -0.2) is 12.7 Å². The first-order valence-electron chi connectivity index (χ1n) is 6.44. The molecule has 106 valence electrons. The molecule has 5 heteroatoms. The third kappa shape index (κ3) is 3.16. The first kappa shape index (κ1) is 14.5. The second-order valence-corrected chi connectivity index (χ2v) is 8.23. The van der Waals surface area contributed by atoms with E-state index < -0.39 is 20.9 Å². The van der Waals surface area contributed by atoms with Crippen molar-refractivity contribution in [3.63, 3.8) is 0 Å². The lowest BCUT2D eigenvalue weighted by Gasteiger charge is -2.27. The number of fused-ring (bicyclic) bond motifs is 1. The smallest absolute Gasteiger partial charge is 0.217 e. The molecule has 0 aromatic heterocycles. The van der Waals surface area contributed by atoms with Gasteiger partial charge >= 0.3 is 0 Å². The maximum absolute atomic E-state index is 12.5. The number of nitrogens with zero attached hydrogens (tertiary/aromatic N) is 1. The molecule has 1 aliphatic carbocycles. The van der Waals surface area contributed by atoms with Gasteiger partial charge in [0.25, 0.3) is 0 Å². The van der Waals surface area contributed by atoms with E-state index in [-0.39, 0.29) is 6.54 Å². The molecule has 2 rings (SSSR count). The van der Waals surface area contributed by atoms with E-state index in [9.17, 15) is 13.5 Å². The molecule has 0 bridgehead atoms. The van der Waals surface area contributed by atoms with Crippen LogP contribution in [0.2, 0.25) is 0 Å². The Labute approximate surface area is 115 Å². The molecule has 0 heterocycles. The summed E-state index contributed by atoms with van der Waals surface area (Å²) in [7, 11) is -1.83. The summed E-state index contributed by atoms with van der Waals surface area (Å²) in [5, 5.41) is 9.36. The summed E-state index contributed by atoms with van der Waals surface area (Å²) in [6.07, 6.45) is 1.13. The van der Waals surface area contributed by atoms with E-state index in [1.165, 1.54) is 11.4 Å². The molecule has 1 N–H and O–H groups in total. The fraction of sp³-hybridized carbons (Fsp3) is 0.571. The van der Waals surface area contributed by atoms with E-state index in [0.29, 0.717) is 12.8 Å². The molecule has 0 saturated carbocycles. The van der Waals surface area contributed by atoms with Crippen LogP contribution in [-0.4, -0.2) is 42.3 Å². The monoisotopic (exact) mass is 283 g/mol. The summed E-state index contributed by atoms with van der Waals surface area (Å²) in [4.78, 5) is 0. The largest absolute Gasteiger partial charge is 0.389 e. The molecule has 0 atom stereocenters. The van der Waals surface area contributed by atoms with Crippen molar-refractivity contribution >= 4 is 10.0 Å². The highest BCUT2D eigenvalue weighted by molar-refractivity contribution is 7.89. The Morgan fingerprint density at radius 3 is 2.16 bits per heavy atom. The van der Waals surface area contributed by atoms with Gasteiger partial charge < -0.3 is 5.11 Å². The number of likely N-dealkylation sites (N-methyl/N-ethyl adjacent to an activating group) is 1. The molecule has 1 aromatic carbocycles. The number of aliphatic hydroxyl groups is 1. The van der Waals surface area contributed by atoms with Crippen LogP contribution in [0.4, 0.5) is 0 Å². The van der Waals surface area contributed by atoms with Crippen molar-refractivity contribution in [3.8, 4) is 0 Å². The predicted octanol–water partition coefficient (Wildman–Crippen LogP) is 1.19. The molecule has 19 heavy (non-hydrogen) atoms. The van der Waals surface area contributed by atoms with Crippen LogP contribution in [0, 0.1) is 0 Å². The molecule has 1 aliphatic rings. The SMILES string of the molecule is CN(CC(C)(C)O)S(=O)(=O)C1Cc2ccccc2C1. The summed E-state index contributed by atoms with van der Waals surface area (Å²) >= 11 is 0. The van der Waals surface area contributed by atoms with Crippen LogP contribution in [0.15, 0.2) is 24.3 Å². The van der Waals surface area contributed by atoms with Gasteiger partial charge in [-0.15, -0.1) is 0 Å². The van der Waals surface area contributed by atoms with Crippen molar-refractivity contribution in [3.05, 3.63) is 35.4 Å². The Bertz CT molecular complexity index is 535. The van der Waals surface area contributed by atoms with E-state index in [1.807, 2.05) is 24.3 Å². The minimum Gasteiger partial charge on any atom is -0.389 e. The topological polar surface area (TPSA) is 57.6 Å². The Hall–Kier alpha value is -0.910. The fourth-order valence-corrected chi connectivity index (χ4v) is 4.40. The van der Waals surface area contributed by atoms with Gasteiger partial charge in [-0.2, -0.15) is 0 Å². The van der Waals surface area contributed by atoms with Crippen molar-refractivity contribution in [2.75, 3.05) is 13.6 Å². The number of hydrogen-bond acceptors (Lipinski definition) is 3. The fourth-order valence-electron chi connectivity index (χ4n) is 2.62. The molecule has 0 radical (unpaired) electrons. The van der Waals surface area contributed by atoms with Gasteiger partial charge in [0.05, 0.1) is 10.9 Å². The quantitative estimate of drug-likeness (QED) is 0.903. The first-order valence-corrected chi connectivity index (χ1v) is 7.95. The van der Waals surface area contributed by atoms with Gasteiger partial charge in [-0.3, -0.25) is 0 Å². The Balaban J connectivity index is 2.15. The lowest BCUT2D eigenvalue weighted by atomic mass is 10.1. The van der Waals surface area contributed by atoms with E-state index >= 15 is 0 Å². The lowest BCUT2D eigenvalue weighted by Crippen LogP contribution is -2.44. The molecule has 0 spiro atoms. The molecular formula is C14H21NO3S. The lowest BCUT2D eigenvalue weighted by molar-refractivity contribution is 0.0638. The van der Waals surface area contributed by atoms with Crippen LogP contribution < -0.4 is 0 Å². The normalized spacial score (nSPS) is 16.9.